The Bertz CT molecular complexity index is 1310. The molecule has 0 unspecified atom stereocenters. The summed E-state index contributed by atoms with van der Waals surface area (Å²) in [6.45, 7) is 0.695. The summed E-state index contributed by atoms with van der Waals surface area (Å²) in [5, 5.41) is 18.0. The lowest BCUT2D eigenvalue weighted by atomic mass is 9.89. The number of rotatable bonds is 6. The van der Waals surface area contributed by atoms with Gasteiger partial charge in [-0.3, -0.25) is 14.5 Å². The molecule has 0 spiro atoms. The number of hydrogen-bond acceptors (Lipinski definition) is 5. The minimum Gasteiger partial charge on any atom is -0.478 e. The van der Waals surface area contributed by atoms with Gasteiger partial charge in [0.25, 0.3) is 5.56 Å². The van der Waals surface area contributed by atoms with Gasteiger partial charge in [0.1, 0.15) is 5.52 Å². The number of carboxylic acid groups (broad SMARTS) is 1. The van der Waals surface area contributed by atoms with Crippen LogP contribution in [0.1, 0.15) is 53.7 Å². The number of hydrogen-bond donors (Lipinski definition) is 2. The molecule has 1 aliphatic carbocycles. The van der Waals surface area contributed by atoms with Gasteiger partial charge in [0.15, 0.2) is 5.52 Å². The fourth-order valence-corrected chi connectivity index (χ4v) is 4.45. The molecule has 1 saturated carbocycles. The van der Waals surface area contributed by atoms with Crippen LogP contribution >= 0.6 is 0 Å². The normalized spacial score (nSPS) is 14.8. The van der Waals surface area contributed by atoms with Crippen molar-refractivity contribution in [1.29, 1.82) is 0 Å². The highest BCUT2D eigenvalue weighted by Gasteiger charge is 2.22. The van der Waals surface area contributed by atoms with Gasteiger partial charge in [-0.05, 0) is 24.3 Å². The number of fused-ring (bicyclic) bond motifs is 1. The van der Waals surface area contributed by atoms with Crippen molar-refractivity contribution in [2.45, 2.75) is 45.1 Å². The molecule has 3 aromatic heterocycles. The summed E-state index contributed by atoms with van der Waals surface area (Å²) in [7, 11) is 0. The Hall–Kier alpha value is -3.75. The number of carboxylic acids is 1. The number of nitrogens with zero attached hydrogens (tertiary/aromatic N) is 5. The van der Waals surface area contributed by atoms with E-state index in [1.165, 1.54) is 36.3 Å². The summed E-state index contributed by atoms with van der Waals surface area (Å²) in [5.41, 5.74) is 2.49. The monoisotopic (exact) mass is 432 g/mol. The molecule has 9 heteroatoms. The number of aromatic carboxylic acids is 1. The minimum atomic E-state index is -1.09. The van der Waals surface area contributed by atoms with Gasteiger partial charge in [-0.15, -0.1) is 0 Å². The van der Waals surface area contributed by atoms with Crippen molar-refractivity contribution in [2.75, 3.05) is 0 Å². The number of aromatic amines is 1. The molecule has 9 nitrogen and oxygen atoms in total. The maximum absolute atomic E-state index is 13.1. The molecule has 164 valence electrons. The highest BCUT2D eigenvalue weighted by molar-refractivity contribution is 5.87. The third kappa shape index (κ3) is 3.93. The second-order valence-electron chi connectivity index (χ2n) is 8.36. The first-order chi connectivity index (χ1) is 15.6. The van der Waals surface area contributed by atoms with Gasteiger partial charge in [0.2, 0.25) is 5.95 Å². The van der Waals surface area contributed by atoms with Gasteiger partial charge in [-0.2, -0.15) is 10.2 Å². The van der Waals surface area contributed by atoms with E-state index in [1.54, 1.807) is 0 Å². The highest BCUT2D eigenvalue weighted by atomic mass is 16.4. The molecule has 5 rings (SSSR count). The third-order valence-electron chi connectivity index (χ3n) is 6.07. The molecule has 1 fully saturated rings. The Balaban J connectivity index is 1.60. The van der Waals surface area contributed by atoms with E-state index in [0.29, 0.717) is 29.9 Å². The van der Waals surface area contributed by atoms with Crippen LogP contribution in [0.15, 0.2) is 47.5 Å². The van der Waals surface area contributed by atoms with Gasteiger partial charge in [0.05, 0.1) is 17.5 Å². The average molecular weight is 432 g/mol. The van der Waals surface area contributed by atoms with E-state index < -0.39 is 5.97 Å². The largest absolute Gasteiger partial charge is 0.478 e. The molecule has 0 saturated heterocycles. The van der Waals surface area contributed by atoms with Gasteiger partial charge >= 0.3 is 5.97 Å². The molecular formula is C23H24N6O3. The summed E-state index contributed by atoms with van der Waals surface area (Å²) in [6, 6.07) is 9.94. The van der Waals surface area contributed by atoms with Crippen LogP contribution in [0.3, 0.4) is 0 Å². The van der Waals surface area contributed by atoms with E-state index in [9.17, 15) is 14.7 Å². The van der Waals surface area contributed by atoms with E-state index in [2.05, 4.69) is 15.1 Å². The van der Waals surface area contributed by atoms with Crippen LogP contribution in [-0.2, 0) is 13.0 Å². The Morgan fingerprint density at radius 2 is 1.94 bits per heavy atom. The van der Waals surface area contributed by atoms with Crippen LogP contribution in [0, 0.1) is 5.92 Å². The second kappa shape index (κ2) is 8.41. The highest BCUT2D eigenvalue weighted by Crippen LogP contribution is 2.26. The zero-order chi connectivity index (χ0) is 22.1. The standard InChI is InChI=1S/C23H24N6O3/c30-21-20-19(25-23(26-21)29-14-17(12-24-29)22(31)32)18(11-15-7-3-1-4-8-15)27-28(20)13-16-9-5-2-6-10-16/h1,3-4,7-8,12,14,16H,2,5-6,9-11,13H2,(H,31,32)(H,25,26,30). The molecular weight excluding hydrogens is 408 g/mol. The number of nitrogens with one attached hydrogen (secondary N) is 1. The lowest BCUT2D eigenvalue weighted by Crippen LogP contribution is -2.20. The Labute approximate surface area is 183 Å². The molecule has 1 aromatic carbocycles. The average Bonchev–Trinajstić information content (AvgIpc) is 3.42. The van der Waals surface area contributed by atoms with E-state index in [0.717, 1.165) is 24.1 Å². The molecule has 0 aliphatic heterocycles. The molecule has 0 amide bonds. The van der Waals surface area contributed by atoms with Crippen LogP contribution in [0.25, 0.3) is 17.0 Å². The quantitative estimate of drug-likeness (QED) is 0.483. The van der Waals surface area contributed by atoms with Crippen molar-refractivity contribution in [3.05, 3.63) is 69.9 Å². The van der Waals surface area contributed by atoms with Crippen LogP contribution in [0.4, 0.5) is 0 Å². The van der Waals surface area contributed by atoms with E-state index >= 15 is 0 Å². The van der Waals surface area contributed by atoms with Crippen LogP contribution in [0.5, 0.6) is 0 Å². The third-order valence-corrected chi connectivity index (χ3v) is 6.07. The SMILES string of the molecule is O=C(O)c1cnn(-c2nc3c(Cc4ccccc4)nn(CC4CCCCC4)c3c(=O)[nH]2)c1. The fraction of sp³-hybridized carbons (Fsp3) is 0.348. The summed E-state index contributed by atoms with van der Waals surface area (Å²) < 4.78 is 3.08. The second-order valence-corrected chi connectivity index (χ2v) is 8.36. The van der Waals surface area contributed by atoms with Crippen molar-refractivity contribution >= 4 is 17.0 Å². The fourth-order valence-electron chi connectivity index (χ4n) is 4.45. The smallest absolute Gasteiger partial charge is 0.338 e. The molecule has 0 atom stereocenters. The van der Waals surface area contributed by atoms with Crippen molar-refractivity contribution in [3.63, 3.8) is 0 Å². The summed E-state index contributed by atoms with van der Waals surface area (Å²) >= 11 is 0. The van der Waals surface area contributed by atoms with Crippen LogP contribution in [-0.4, -0.2) is 40.6 Å². The number of carbonyl (C=O) groups is 1. The Kier molecular flexibility index (Phi) is 5.30. The predicted octanol–water partition coefficient (Wildman–Crippen LogP) is 3.17. The van der Waals surface area contributed by atoms with E-state index in [4.69, 9.17) is 5.10 Å². The molecule has 1 aliphatic rings. The summed E-state index contributed by atoms with van der Waals surface area (Å²) in [4.78, 5) is 31.8. The zero-order valence-corrected chi connectivity index (χ0v) is 17.6. The van der Waals surface area contributed by atoms with Crippen molar-refractivity contribution in [1.82, 2.24) is 29.5 Å². The molecule has 4 aromatic rings. The first-order valence-electron chi connectivity index (χ1n) is 10.9. The molecule has 0 radical (unpaired) electrons. The van der Waals surface area contributed by atoms with E-state index in [1.807, 2.05) is 35.0 Å². The van der Waals surface area contributed by atoms with Gasteiger partial charge < -0.3 is 5.11 Å². The lowest BCUT2D eigenvalue weighted by Gasteiger charge is -2.21. The summed E-state index contributed by atoms with van der Waals surface area (Å²) in [5.74, 6) is -0.425. The van der Waals surface area contributed by atoms with Gasteiger partial charge in [0, 0.05) is 19.2 Å². The number of H-pyrrole nitrogens is 1. The molecule has 3 heterocycles. The van der Waals surface area contributed by atoms with Gasteiger partial charge in [-0.25, -0.2) is 14.5 Å². The molecule has 0 bridgehead atoms. The van der Waals surface area contributed by atoms with Gasteiger partial charge in [-0.1, -0.05) is 49.6 Å². The van der Waals surface area contributed by atoms with Crippen LogP contribution < -0.4 is 5.56 Å². The topological polar surface area (TPSA) is 119 Å². The zero-order valence-electron chi connectivity index (χ0n) is 17.6. The first kappa shape index (κ1) is 20.2. The lowest BCUT2D eigenvalue weighted by molar-refractivity contribution is 0.0697. The Morgan fingerprint density at radius 1 is 1.16 bits per heavy atom. The van der Waals surface area contributed by atoms with E-state index in [-0.39, 0.29) is 17.1 Å². The van der Waals surface area contributed by atoms with Crippen LogP contribution in [0.2, 0.25) is 0 Å². The maximum atomic E-state index is 13.1. The summed E-state index contributed by atoms with van der Waals surface area (Å²) in [6.07, 6.45) is 9.08. The Morgan fingerprint density at radius 3 is 2.66 bits per heavy atom. The maximum Gasteiger partial charge on any atom is 0.338 e. The van der Waals surface area contributed by atoms with Crippen molar-refractivity contribution in [2.24, 2.45) is 5.92 Å². The van der Waals surface area contributed by atoms with Crippen molar-refractivity contribution in [3.8, 4) is 5.95 Å². The first-order valence-corrected chi connectivity index (χ1v) is 10.9. The molecule has 32 heavy (non-hydrogen) atoms. The predicted molar refractivity (Wildman–Crippen MR) is 118 cm³/mol. The minimum absolute atomic E-state index is 0.0187. The molecule has 2 N–H and O–H groups in total. The van der Waals surface area contributed by atoms with Crippen molar-refractivity contribution < 1.29 is 9.90 Å². The number of benzene rings is 1. The number of aromatic nitrogens is 6.